The Morgan fingerprint density at radius 2 is 1.74 bits per heavy atom. The van der Waals surface area contributed by atoms with E-state index in [1.165, 1.54) is 30.9 Å². The Balaban J connectivity index is 1.27. The lowest BCUT2D eigenvalue weighted by molar-refractivity contribution is -0.122. The lowest BCUT2D eigenvalue weighted by Crippen LogP contribution is -2.35. The van der Waals surface area contributed by atoms with Gasteiger partial charge in [0.25, 0.3) is 0 Å². The smallest absolute Gasteiger partial charge is 0.227 e. The summed E-state index contributed by atoms with van der Waals surface area (Å²) in [6.07, 6.45) is 12.2. The molecule has 4 aliphatic rings. The molecule has 0 saturated heterocycles. The van der Waals surface area contributed by atoms with Crippen LogP contribution in [0.4, 0.5) is 10.1 Å². The van der Waals surface area contributed by atoms with Crippen molar-refractivity contribution in [2.24, 2.45) is 35.5 Å². The molecule has 0 aromatic heterocycles. The Morgan fingerprint density at radius 1 is 1.03 bits per heavy atom. The van der Waals surface area contributed by atoms with Gasteiger partial charge in [-0.3, -0.25) is 4.79 Å². The number of hydrogen-bond donors (Lipinski definition) is 1. The molecule has 1 N–H and O–H groups in total. The number of benzene rings is 2. The van der Waals surface area contributed by atoms with E-state index in [-0.39, 0.29) is 17.6 Å². The van der Waals surface area contributed by atoms with Crippen LogP contribution in [0.5, 0.6) is 0 Å². The fourth-order valence-corrected chi connectivity index (χ4v) is 8.39. The molecule has 4 fully saturated rings. The summed E-state index contributed by atoms with van der Waals surface area (Å²) in [5.41, 5.74) is 3.78. The van der Waals surface area contributed by atoms with Crippen molar-refractivity contribution in [3.63, 3.8) is 0 Å². The quantitative estimate of drug-likeness (QED) is 0.351. The van der Waals surface area contributed by atoms with Crippen molar-refractivity contribution < 1.29 is 9.18 Å². The molecule has 2 bridgehead atoms. The molecule has 5 heteroatoms. The molecule has 0 aliphatic heterocycles. The number of halogens is 3. The van der Waals surface area contributed by atoms with Crippen LogP contribution in [0.2, 0.25) is 10.0 Å². The highest BCUT2D eigenvalue weighted by molar-refractivity contribution is 6.36. The molecule has 39 heavy (non-hydrogen) atoms. The van der Waals surface area contributed by atoms with E-state index in [1.807, 2.05) is 6.07 Å². The summed E-state index contributed by atoms with van der Waals surface area (Å²) in [7, 11) is 0. The van der Waals surface area contributed by atoms with Gasteiger partial charge in [-0.2, -0.15) is 0 Å². The van der Waals surface area contributed by atoms with Crippen LogP contribution >= 0.6 is 23.2 Å². The number of carbonyl (C=O) groups excluding carboxylic acids is 1. The lowest BCUT2D eigenvalue weighted by atomic mass is 9.67. The summed E-state index contributed by atoms with van der Waals surface area (Å²) in [5, 5.41) is 4.77. The Bertz CT molecular complexity index is 1150. The van der Waals surface area contributed by atoms with Gasteiger partial charge >= 0.3 is 0 Å². The van der Waals surface area contributed by atoms with Crippen LogP contribution in [0.3, 0.4) is 0 Å². The number of fused-ring (bicyclic) bond motifs is 6. The summed E-state index contributed by atoms with van der Waals surface area (Å²) in [4.78, 5) is 13.5. The normalized spacial score (nSPS) is 28.2. The minimum absolute atomic E-state index is 0.0626. The summed E-state index contributed by atoms with van der Waals surface area (Å²) < 4.78 is 14.4. The second-order valence-electron chi connectivity index (χ2n) is 12.9. The molecule has 6 rings (SSSR count). The maximum absolute atomic E-state index is 14.4. The Kier molecular flexibility index (Phi) is 9.28. The minimum Gasteiger partial charge on any atom is -0.326 e. The van der Waals surface area contributed by atoms with Crippen LogP contribution in [-0.4, -0.2) is 5.91 Å². The molecule has 4 aliphatic carbocycles. The van der Waals surface area contributed by atoms with Crippen LogP contribution < -0.4 is 5.32 Å². The topological polar surface area (TPSA) is 29.1 Å². The van der Waals surface area contributed by atoms with E-state index in [0.29, 0.717) is 35.5 Å². The Hall–Kier alpha value is -1.58. The van der Waals surface area contributed by atoms with Crippen LogP contribution in [0.15, 0.2) is 30.3 Å². The molecular formula is C34H44Cl2FNO. The first-order valence-electron chi connectivity index (χ1n) is 15.3. The molecule has 2 nitrogen and oxygen atoms in total. The zero-order chi connectivity index (χ0) is 27.7. The van der Waals surface area contributed by atoms with E-state index in [4.69, 9.17) is 23.2 Å². The molecule has 1 amide bonds. The molecular weight excluding hydrogens is 528 g/mol. The molecule has 2 aromatic rings. The maximum Gasteiger partial charge on any atom is 0.227 e. The molecule has 4 saturated carbocycles. The zero-order valence-corrected chi connectivity index (χ0v) is 25.3. The van der Waals surface area contributed by atoms with Gasteiger partial charge < -0.3 is 5.32 Å². The first-order chi connectivity index (χ1) is 18.7. The minimum atomic E-state index is -0.146. The Labute approximate surface area is 244 Å². The van der Waals surface area contributed by atoms with Gasteiger partial charge in [-0.05, 0) is 140 Å². The second-order valence-corrected chi connectivity index (χ2v) is 13.7. The number of carbonyl (C=O) groups is 1. The van der Waals surface area contributed by atoms with Crippen LogP contribution in [0.25, 0.3) is 0 Å². The zero-order valence-electron chi connectivity index (χ0n) is 23.7. The van der Waals surface area contributed by atoms with E-state index in [2.05, 4.69) is 38.2 Å². The van der Waals surface area contributed by atoms with Gasteiger partial charge in [-0.1, -0.05) is 56.8 Å². The highest BCUT2D eigenvalue weighted by Gasteiger charge is 2.39. The van der Waals surface area contributed by atoms with Crippen LogP contribution in [0, 0.1) is 41.3 Å². The van der Waals surface area contributed by atoms with Crippen LogP contribution in [-0.2, 0) is 17.6 Å². The van der Waals surface area contributed by atoms with E-state index in [0.717, 1.165) is 78.2 Å². The standard InChI is InChI=1S/C34H44Cl2FNO/c1-4-22-16-31(35)30(32(36)17-22)18-26-11-10-25-9-8-23(14-20(26)2)15-28(25)21(3)34(39)38-27-12-13-33(37)29(19-27)24-6-5-7-24/h12-13,16-17,19-21,23-26,28H,4-11,14-15,18H2,1-3H3,(H,38,39). The number of amides is 1. The van der Waals surface area contributed by atoms with Crippen LogP contribution in [0.1, 0.15) is 101 Å². The first kappa shape index (κ1) is 28.9. The SMILES string of the molecule is CCc1cc(Cl)c(CC2CCC3CCC(CC2C)CC3C(C)C(=O)Nc2ccc(F)c(C3CCC3)c2)c(Cl)c1. The summed E-state index contributed by atoms with van der Waals surface area (Å²) in [6.45, 7) is 6.64. The van der Waals surface area contributed by atoms with Gasteiger partial charge in [0.05, 0.1) is 0 Å². The monoisotopic (exact) mass is 571 g/mol. The van der Waals surface area contributed by atoms with Crippen molar-refractivity contribution in [3.05, 3.63) is 62.9 Å². The third kappa shape index (κ3) is 6.51. The first-order valence-corrected chi connectivity index (χ1v) is 16.1. The van der Waals surface area contributed by atoms with Crippen molar-refractivity contribution in [2.45, 2.75) is 97.3 Å². The number of aryl methyl sites for hydroxylation is 1. The fourth-order valence-electron chi connectivity index (χ4n) is 7.70. The van der Waals surface area contributed by atoms with Crippen molar-refractivity contribution in [1.82, 2.24) is 0 Å². The van der Waals surface area contributed by atoms with Crippen molar-refractivity contribution in [2.75, 3.05) is 5.32 Å². The molecule has 0 heterocycles. The molecule has 6 atom stereocenters. The summed E-state index contributed by atoms with van der Waals surface area (Å²) in [5.74, 6) is 2.91. The highest BCUT2D eigenvalue weighted by atomic mass is 35.5. The highest BCUT2D eigenvalue weighted by Crippen LogP contribution is 2.47. The number of anilines is 1. The largest absolute Gasteiger partial charge is 0.326 e. The van der Waals surface area contributed by atoms with Crippen molar-refractivity contribution in [1.29, 1.82) is 0 Å². The van der Waals surface area contributed by atoms with Crippen molar-refractivity contribution >= 4 is 34.8 Å². The fraction of sp³-hybridized carbons (Fsp3) is 0.618. The third-order valence-corrected chi connectivity index (χ3v) is 11.2. The van der Waals surface area contributed by atoms with Gasteiger partial charge in [0.2, 0.25) is 5.91 Å². The van der Waals surface area contributed by atoms with Gasteiger partial charge in [0.1, 0.15) is 5.82 Å². The third-order valence-electron chi connectivity index (χ3n) is 10.5. The maximum atomic E-state index is 14.4. The van der Waals surface area contributed by atoms with Gasteiger partial charge in [-0.25, -0.2) is 4.39 Å². The van der Waals surface area contributed by atoms with E-state index >= 15 is 0 Å². The summed E-state index contributed by atoms with van der Waals surface area (Å²) in [6, 6.07) is 9.27. The van der Waals surface area contributed by atoms with Crippen molar-refractivity contribution in [3.8, 4) is 0 Å². The molecule has 6 unspecified atom stereocenters. The van der Waals surface area contributed by atoms with E-state index in [9.17, 15) is 9.18 Å². The van der Waals surface area contributed by atoms with E-state index in [1.54, 1.807) is 6.07 Å². The molecule has 212 valence electrons. The lowest BCUT2D eigenvalue weighted by Gasteiger charge is -2.38. The molecule has 0 radical (unpaired) electrons. The van der Waals surface area contributed by atoms with Gasteiger partial charge in [-0.15, -0.1) is 0 Å². The average molecular weight is 573 g/mol. The summed E-state index contributed by atoms with van der Waals surface area (Å²) >= 11 is 13.4. The predicted octanol–water partition coefficient (Wildman–Crippen LogP) is 10.2. The Morgan fingerprint density at radius 3 is 2.41 bits per heavy atom. The molecule has 2 aromatic carbocycles. The number of rotatable bonds is 7. The van der Waals surface area contributed by atoms with Gasteiger partial charge in [0, 0.05) is 21.7 Å². The second kappa shape index (κ2) is 12.5. The van der Waals surface area contributed by atoms with E-state index < -0.39 is 0 Å². The van der Waals surface area contributed by atoms with Gasteiger partial charge in [0.15, 0.2) is 0 Å². The number of hydrogen-bond acceptors (Lipinski definition) is 1. The molecule has 0 spiro atoms. The predicted molar refractivity (Wildman–Crippen MR) is 161 cm³/mol. The number of nitrogens with one attached hydrogen (secondary N) is 1. The average Bonchev–Trinajstić information content (AvgIpc) is 2.99.